The average Bonchev–Trinajstić information content (AvgIpc) is 2.41. The van der Waals surface area contributed by atoms with Crippen molar-refractivity contribution in [3.8, 4) is 0 Å². The molecule has 1 aromatic rings. The lowest BCUT2D eigenvalue weighted by molar-refractivity contribution is 0.0697. The maximum atomic E-state index is 12.4. The molecule has 2 unspecified atom stereocenters. The normalized spacial score (nSPS) is 26.3. The fourth-order valence-corrected chi connectivity index (χ4v) is 3.37. The zero-order chi connectivity index (χ0) is 14.8. The van der Waals surface area contributed by atoms with E-state index < -0.39 is 5.54 Å². The number of aromatic nitrogens is 1. The molecule has 0 aromatic carbocycles. The quantitative estimate of drug-likeness (QED) is 0.813. The Labute approximate surface area is 132 Å². The zero-order valence-electron chi connectivity index (χ0n) is 11.3. The highest BCUT2D eigenvalue weighted by atomic mass is 79.9. The summed E-state index contributed by atoms with van der Waals surface area (Å²) in [6.07, 6.45) is 5.26. The summed E-state index contributed by atoms with van der Waals surface area (Å²) in [6.45, 7) is 2.09. The van der Waals surface area contributed by atoms with Crippen LogP contribution < -0.4 is 5.32 Å². The van der Waals surface area contributed by atoms with Gasteiger partial charge in [0, 0.05) is 10.7 Å². The number of carbonyl (C=O) groups is 1. The Bertz CT molecular complexity index is 512. The number of hydrogen-bond donors (Lipinski definition) is 2. The summed E-state index contributed by atoms with van der Waals surface area (Å²) >= 11 is 9.25. The highest BCUT2D eigenvalue weighted by Crippen LogP contribution is 2.32. The summed E-state index contributed by atoms with van der Waals surface area (Å²) in [7, 11) is 0. The van der Waals surface area contributed by atoms with Crippen molar-refractivity contribution in [3.05, 3.63) is 27.5 Å². The first-order chi connectivity index (χ1) is 9.46. The molecule has 1 aliphatic rings. The number of nitrogens with one attached hydrogen (secondary N) is 1. The van der Waals surface area contributed by atoms with Crippen LogP contribution in [0.25, 0.3) is 0 Å². The van der Waals surface area contributed by atoms with Crippen LogP contribution in [0.3, 0.4) is 0 Å². The number of pyridine rings is 1. The lowest BCUT2D eigenvalue weighted by Gasteiger charge is -2.39. The molecule has 2 N–H and O–H groups in total. The van der Waals surface area contributed by atoms with E-state index >= 15 is 0 Å². The van der Waals surface area contributed by atoms with Crippen LogP contribution in [0.2, 0.25) is 5.15 Å². The van der Waals surface area contributed by atoms with Crippen molar-refractivity contribution in [2.24, 2.45) is 5.92 Å². The van der Waals surface area contributed by atoms with E-state index in [0.717, 1.165) is 25.7 Å². The van der Waals surface area contributed by atoms with Gasteiger partial charge in [0.15, 0.2) is 0 Å². The topological polar surface area (TPSA) is 62.2 Å². The second-order valence-corrected chi connectivity index (χ2v) is 6.86. The standard InChI is InChI=1S/C14H18BrClN2O2/c1-9-3-2-4-14(6-9,8-19)18-13(20)11-5-10(15)7-17-12(11)16/h5,7,9,19H,2-4,6,8H2,1H3,(H,18,20). The molecule has 4 nitrogen and oxygen atoms in total. The molecule has 0 radical (unpaired) electrons. The molecular weight excluding hydrogens is 344 g/mol. The fraction of sp³-hybridized carbons (Fsp3) is 0.571. The van der Waals surface area contributed by atoms with E-state index in [1.807, 2.05) is 0 Å². The van der Waals surface area contributed by atoms with Crippen LogP contribution in [0.5, 0.6) is 0 Å². The van der Waals surface area contributed by atoms with Gasteiger partial charge in [0.05, 0.1) is 17.7 Å². The van der Waals surface area contributed by atoms with Crippen molar-refractivity contribution in [3.63, 3.8) is 0 Å². The third-order valence-corrected chi connectivity index (χ3v) is 4.56. The molecule has 110 valence electrons. The van der Waals surface area contributed by atoms with Gasteiger partial charge in [0.25, 0.3) is 5.91 Å². The SMILES string of the molecule is CC1CCCC(CO)(NC(=O)c2cc(Br)cnc2Cl)C1. The number of carbonyl (C=O) groups excluding carboxylic acids is 1. The van der Waals surface area contributed by atoms with Crippen molar-refractivity contribution < 1.29 is 9.90 Å². The molecule has 1 heterocycles. The van der Waals surface area contributed by atoms with Crippen LogP contribution >= 0.6 is 27.5 Å². The molecule has 1 aromatic heterocycles. The van der Waals surface area contributed by atoms with Crippen molar-refractivity contribution in [1.82, 2.24) is 10.3 Å². The van der Waals surface area contributed by atoms with E-state index in [9.17, 15) is 9.90 Å². The summed E-state index contributed by atoms with van der Waals surface area (Å²) in [4.78, 5) is 16.3. The average molecular weight is 362 g/mol. The Morgan fingerprint density at radius 1 is 1.70 bits per heavy atom. The van der Waals surface area contributed by atoms with Crippen LogP contribution in [0.1, 0.15) is 43.0 Å². The van der Waals surface area contributed by atoms with E-state index in [0.29, 0.717) is 16.0 Å². The molecule has 1 fully saturated rings. The highest BCUT2D eigenvalue weighted by Gasteiger charge is 2.36. The van der Waals surface area contributed by atoms with Crippen LogP contribution in [0.15, 0.2) is 16.7 Å². The molecule has 0 saturated heterocycles. The van der Waals surface area contributed by atoms with Gasteiger partial charge in [-0.1, -0.05) is 31.4 Å². The second kappa shape index (κ2) is 6.41. The molecule has 1 saturated carbocycles. The van der Waals surface area contributed by atoms with Crippen molar-refractivity contribution in [2.75, 3.05) is 6.61 Å². The van der Waals surface area contributed by atoms with E-state index in [2.05, 4.69) is 33.2 Å². The minimum absolute atomic E-state index is 0.0534. The maximum Gasteiger partial charge on any atom is 0.254 e. The first kappa shape index (κ1) is 15.7. The van der Waals surface area contributed by atoms with Gasteiger partial charge in [-0.05, 0) is 40.8 Å². The third kappa shape index (κ3) is 3.51. The van der Waals surface area contributed by atoms with Gasteiger partial charge in [-0.25, -0.2) is 4.98 Å². The molecule has 6 heteroatoms. The van der Waals surface area contributed by atoms with Crippen molar-refractivity contribution in [1.29, 1.82) is 0 Å². The van der Waals surface area contributed by atoms with Gasteiger partial charge < -0.3 is 10.4 Å². The van der Waals surface area contributed by atoms with Crippen molar-refractivity contribution >= 4 is 33.4 Å². The lowest BCUT2D eigenvalue weighted by atomic mass is 9.76. The largest absolute Gasteiger partial charge is 0.394 e. The Hall–Kier alpha value is -0.650. The maximum absolute atomic E-state index is 12.4. The summed E-state index contributed by atoms with van der Waals surface area (Å²) in [5, 5.41) is 12.8. The number of nitrogens with zero attached hydrogens (tertiary/aromatic N) is 1. The van der Waals surface area contributed by atoms with E-state index in [4.69, 9.17) is 11.6 Å². The Balaban J connectivity index is 2.19. The van der Waals surface area contributed by atoms with Gasteiger partial charge in [0.1, 0.15) is 5.15 Å². The molecule has 0 bridgehead atoms. The van der Waals surface area contributed by atoms with Gasteiger partial charge in [-0.15, -0.1) is 0 Å². The monoisotopic (exact) mass is 360 g/mol. The van der Waals surface area contributed by atoms with Gasteiger partial charge in [-0.3, -0.25) is 4.79 Å². The Morgan fingerprint density at radius 2 is 2.45 bits per heavy atom. The minimum atomic E-state index is -0.541. The molecule has 20 heavy (non-hydrogen) atoms. The number of aliphatic hydroxyl groups is 1. The molecule has 2 atom stereocenters. The summed E-state index contributed by atoms with van der Waals surface area (Å²) in [5.74, 6) is 0.208. The van der Waals surface area contributed by atoms with Gasteiger partial charge in [0.2, 0.25) is 0 Å². The van der Waals surface area contributed by atoms with Gasteiger partial charge in [-0.2, -0.15) is 0 Å². The zero-order valence-corrected chi connectivity index (χ0v) is 13.7. The Kier molecular flexibility index (Phi) is 5.04. The van der Waals surface area contributed by atoms with E-state index in [-0.39, 0.29) is 17.7 Å². The third-order valence-electron chi connectivity index (χ3n) is 3.82. The minimum Gasteiger partial charge on any atom is -0.394 e. The Morgan fingerprint density at radius 3 is 3.10 bits per heavy atom. The van der Waals surface area contributed by atoms with Crippen LogP contribution in [-0.4, -0.2) is 28.1 Å². The predicted molar refractivity (Wildman–Crippen MR) is 81.9 cm³/mol. The van der Waals surface area contributed by atoms with Gasteiger partial charge >= 0.3 is 0 Å². The van der Waals surface area contributed by atoms with Crippen LogP contribution in [0.4, 0.5) is 0 Å². The number of hydrogen-bond acceptors (Lipinski definition) is 3. The first-order valence-electron chi connectivity index (χ1n) is 6.70. The number of halogens is 2. The highest BCUT2D eigenvalue weighted by molar-refractivity contribution is 9.10. The molecule has 1 aliphatic carbocycles. The second-order valence-electron chi connectivity index (χ2n) is 5.59. The van der Waals surface area contributed by atoms with Crippen LogP contribution in [0, 0.1) is 5.92 Å². The fourth-order valence-electron chi connectivity index (χ4n) is 2.85. The van der Waals surface area contributed by atoms with Crippen molar-refractivity contribution in [2.45, 2.75) is 38.1 Å². The number of amides is 1. The number of rotatable bonds is 3. The summed E-state index contributed by atoms with van der Waals surface area (Å²) in [6, 6.07) is 1.64. The molecule has 0 aliphatic heterocycles. The van der Waals surface area contributed by atoms with E-state index in [1.165, 1.54) is 0 Å². The molecule has 2 rings (SSSR count). The van der Waals surface area contributed by atoms with Crippen LogP contribution in [-0.2, 0) is 0 Å². The smallest absolute Gasteiger partial charge is 0.254 e. The lowest BCUT2D eigenvalue weighted by Crippen LogP contribution is -2.53. The first-order valence-corrected chi connectivity index (χ1v) is 7.87. The summed E-state index contributed by atoms with van der Waals surface area (Å²) < 4.78 is 0.696. The molecular formula is C14H18BrClN2O2. The molecule has 0 spiro atoms. The predicted octanol–water partition coefficient (Wildman–Crippen LogP) is 3.17. The number of aliphatic hydroxyl groups excluding tert-OH is 1. The van der Waals surface area contributed by atoms with E-state index in [1.54, 1.807) is 12.3 Å². The molecule has 1 amide bonds. The summed E-state index contributed by atoms with van der Waals surface area (Å²) in [5.41, 5.74) is -0.215.